The molecule has 1 unspecified atom stereocenters. The standard InChI is InChI=1S/C17H25N5O4/c1-9(2)23-5-17-6-24-12(13(17)25-10(3)4)16(26-17)22-8-21-11-14(18)19-7-20-15(11)22/h7-10,12-13,16H,5-6H2,1-4H3,(H2,18,19,20)/t12?,13-,16-,17+/m1/s1. The molecule has 4 rings (SSSR count). The normalized spacial score (nSPS) is 30.9. The molecule has 2 aliphatic heterocycles. The maximum atomic E-state index is 6.45. The molecule has 2 aromatic rings. The first-order valence-electron chi connectivity index (χ1n) is 8.91. The van der Waals surface area contributed by atoms with Crippen LogP contribution in [0.1, 0.15) is 33.9 Å². The lowest BCUT2D eigenvalue weighted by Gasteiger charge is -2.32. The van der Waals surface area contributed by atoms with Gasteiger partial charge < -0.3 is 24.7 Å². The zero-order chi connectivity index (χ0) is 18.5. The summed E-state index contributed by atoms with van der Waals surface area (Å²) >= 11 is 0. The second-order valence-electron chi connectivity index (χ2n) is 7.40. The minimum absolute atomic E-state index is 0.0440. The topological polar surface area (TPSA) is 107 Å². The number of fused-ring (bicyclic) bond motifs is 3. The average molecular weight is 363 g/mol. The van der Waals surface area contributed by atoms with Gasteiger partial charge in [0.2, 0.25) is 0 Å². The third kappa shape index (κ3) is 2.75. The number of hydrogen-bond acceptors (Lipinski definition) is 8. The van der Waals surface area contributed by atoms with Gasteiger partial charge in [-0.25, -0.2) is 15.0 Å². The smallest absolute Gasteiger partial charge is 0.167 e. The van der Waals surface area contributed by atoms with Crippen LogP contribution in [0, 0.1) is 0 Å². The van der Waals surface area contributed by atoms with Crippen molar-refractivity contribution in [2.75, 3.05) is 18.9 Å². The molecule has 4 atom stereocenters. The lowest BCUT2D eigenvalue weighted by molar-refractivity contribution is -0.198. The number of nitrogens with zero attached hydrogens (tertiary/aromatic N) is 4. The molecule has 0 radical (unpaired) electrons. The van der Waals surface area contributed by atoms with Gasteiger partial charge in [0.25, 0.3) is 0 Å². The Balaban J connectivity index is 1.69. The van der Waals surface area contributed by atoms with E-state index in [1.54, 1.807) is 6.33 Å². The van der Waals surface area contributed by atoms with E-state index in [9.17, 15) is 0 Å². The van der Waals surface area contributed by atoms with Crippen molar-refractivity contribution in [3.8, 4) is 0 Å². The minimum atomic E-state index is -0.654. The molecule has 9 heteroatoms. The van der Waals surface area contributed by atoms with Crippen LogP contribution in [0.5, 0.6) is 0 Å². The summed E-state index contributed by atoms with van der Waals surface area (Å²) in [5.74, 6) is 0.339. The van der Waals surface area contributed by atoms with Crippen molar-refractivity contribution >= 4 is 17.0 Å². The number of imidazole rings is 1. The van der Waals surface area contributed by atoms with Crippen molar-refractivity contribution < 1.29 is 18.9 Å². The Labute approximate surface area is 151 Å². The summed E-state index contributed by atoms with van der Waals surface area (Å²) in [7, 11) is 0. The van der Waals surface area contributed by atoms with Gasteiger partial charge in [-0.2, -0.15) is 0 Å². The second kappa shape index (κ2) is 6.41. The lowest BCUT2D eigenvalue weighted by atomic mass is 9.99. The van der Waals surface area contributed by atoms with Gasteiger partial charge >= 0.3 is 0 Å². The van der Waals surface area contributed by atoms with Gasteiger partial charge in [-0.3, -0.25) is 4.57 Å². The zero-order valence-corrected chi connectivity index (χ0v) is 15.5. The van der Waals surface area contributed by atoms with E-state index in [0.29, 0.717) is 30.2 Å². The summed E-state index contributed by atoms with van der Waals surface area (Å²) in [6.07, 6.45) is 2.29. The Kier molecular flexibility index (Phi) is 4.34. The third-order valence-corrected chi connectivity index (χ3v) is 4.71. The van der Waals surface area contributed by atoms with E-state index in [-0.39, 0.29) is 24.4 Å². The summed E-state index contributed by atoms with van der Waals surface area (Å²) < 4.78 is 26.4. The van der Waals surface area contributed by atoms with Gasteiger partial charge in [0.15, 0.2) is 17.7 Å². The second-order valence-corrected chi connectivity index (χ2v) is 7.40. The summed E-state index contributed by atoms with van der Waals surface area (Å²) in [4.78, 5) is 12.6. The molecule has 26 heavy (non-hydrogen) atoms. The van der Waals surface area contributed by atoms with Gasteiger partial charge in [0.05, 0.1) is 31.7 Å². The van der Waals surface area contributed by atoms with Gasteiger partial charge in [0, 0.05) is 0 Å². The first kappa shape index (κ1) is 17.6. The Morgan fingerprint density at radius 1 is 1.27 bits per heavy atom. The van der Waals surface area contributed by atoms with E-state index in [4.69, 9.17) is 24.7 Å². The van der Waals surface area contributed by atoms with Crippen LogP contribution in [0.25, 0.3) is 11.2 Å². The fourth-order valence-corrected chi connectivity index (χ4v) is 3.58. The van der Waals surface area contributed by atoms with Crippen molar-refractivity contribution in [2.45, 2.75) is 63.9 Å². The van der Waals surface area contributed by atoms with Crippen LogP contribution in [0.4, 0.5) is 5.82 Å². The average Bonchev–Trinajstić information content (AvgIpc) is 3.24. The number of ether oxygens (including phenoxy) is 4. The molecule has 0 spiro atoms. The van der Waals surface area contributed by atoms with Crippen molar-refractivity contribution in [3.63, 3.8) is 0 Å². The molecule has 2 saturated heterocycles. The van der Waals surface area contributed by atoms with Gasteiger partial charge in [-0.05, 0) is 27.7 Å². The molecule has 0 saturated carbocycles. The molecule has 0 amide bonds. The first-order valence-corrected chi connectivity index (χ1v) is 8.91. The molecule has 142 valence electrons. The molecular weight excluding hydrogens is 338 g/mol. The van der Waals surface area contributed by atoms with Crippen LogP contribution in [0.2, 0.25) is 0 Å². The van der Waals surface area contributed by atoms with E-state index >= 15 is 0 Å². The number of nitrogen functional groups attached to an aromatic ring is 1. The minimum Gasteiger partial charge on any atom is -0.382 e. The van der Waals surface area contributed by atoms with Crippen LogP contribution in [-0.4, -0.2) is 62.7 Å². The van der Waals surface area contributed by atoms with Crippen LogP contribution in [0.3, 0.4) is 0 Å². The number of aromatic nitrogens is 4. The zero-order valence-electron chi connectivity index (χ0n) is 15.5. The van der Waals surface area contributed by atoms with Crippen LogP contribution >= 0.6 is 0 Å². The third-order valence-electron chi connectivity index (χ3n) is 4.71. The quantitative estimate of drug-likeness (QED) is 0.818. The highest BCUT2D eigenvalue weighted by Crippen LogP contribution is 2.47. The highest BCUT2D eigenvalue weighted by atomic mass is 16.7. The van der Waals surface area contributed by atoms with E-state index in [0.717, 1.165) is 0 Å². The molecule has 2 aromatic heterocycles. The molecule has 2 fully saturated rings. The summed E-state index contributed by atoms with van der Waals surface area (Å²) in [6, 6.07) is 0. The first-order chi connectivity index (χ1) is 12.4. The predicted molar refractivity (Wildman–Crippen MR) is 93.4 cm³/mol. The molecule has 2 aliphatic rings. The van der Waals surface area contributed by atoms with E-state index < -0.39 is 11.8 Å². The maximum absolute atomic E-state index is 6.45. The Morgan fingerprint density at radius 3 is 2.81 bits per heavy atom. The summed E-state index contributed by atoms with van der Waals surface area (Å²) in [5.41, 5.74) is 6.41. The Bertz CT molecular complexity index is 795. The molecule has 2 N–H and O–H groups in total. The largest absolute Gasteiger partial charge is 0.382 e. The van der Waals surface area contributed by atoms with Crippen LogP contribution in [0.15, 0.2) is 12.7 Å². The summed E-state index contributed by atoms with van der Waals surface area (Å²) in [6.45, 7) is 8.84. The number of rotatable bonds is 6. The SMILES string of the molecule is CC(C)OC[C@@]12COC([C@H](n3cnc4c(N)ncnc43)O1)[C@H]2OC(C)C. The monoisotopic (exact) mass is 363 g/mol. The van der Waals surface area contributed by atoms with E-state index in [2.05, 4.69) is 15.0 Å². The van der Waals surface area contributed by atoms with Crippen molar-refractivity contribution in [1.82, 2.24) is 19.5 Å². The molecule has 2 bridgehead atoms. The highest BCUT2D eigenvalue weighted by molar-refractivity contribution is 5.81. The lowest BCUT2D eigenvalue weighted by Crippen LogP contribution is -2.47. The fraction of sp³-hybridized carbons (Fsp3) is 0.706. The molecule has 9 nitrogen and oxygen atoms in total. The number of nitrogens with two attached hydrogens (primary N) is 1. The number of hydrogen-bond donors (Lipinski definition) is 1. The highest BCUT2D eigenvalue weighted by Gasteiger charge is 2.63. The van der Waals surface area contributed by atoms with E-state index in [1.165, 1.54) is 6.33 Å². The van der Waals surface area contributed by atoms with Crippen LogP contribution < -0.4 is 5.73 Å². The van der Waals surface area contributed by atoms with Gasteiger partial charge in [0.1, 0.15) is 29.7 Å². The molecular formula is C17H25N5O4. The van der Waals surface area contributed by atoms with Crippen molar-refractivity contribution in [1.29, 1.82) is 0 Å². The Hall–Kier alpha value is -1.81. The van der Waals surface area contributed by atoms with Crippen molar-refractivity contribution in [3.05, 3.63) is 12.7 Å². The fourth-order valence-electron chi connectivity index (χ4n) is 3.58. The molecule has 4 heterocycles. The van der Waals surface area contributed by atoms with Gasteiger partial charge in [-0.15, -0.1) is 0 Å². The van der Waals surface area contributed by atoms with Crippen LogP contribution in [-0.2, 0) is 18.9 Å². The molecule has 0 aliphatic carbocycles. The van der Waals surface area contributed by atoms with Crippen molar-refractivity contribution in [2.24, 2.45) is 0 Å². The Morgan fingerprint density at radius 2 is 2.08 bits per heavy atom. The predicted octanol–water partition coefficient (Wildman–Crippen LogP) is 1.29. The maximum Gasteiger partial charge on any atom is 0.167 e. The molecule has 0 aromatic carbocycles. The number of anilines is 1. The summed E-state index contributed by atoms with van der Waals surface area (Å²) in [5, 5.41) is 0. The van der Waals surface area contributed by atoms with E-state index in [1.807, 2.05) is 32.3 Å². The van der Waals surface area contributed by atoms with Gasteiger partial charge in [-0.1, -0.05) is 0 Å².